The predicted octanol–water partition coefficient (Wildman–Crippen LogP) is 3.74. The van der Waals surface area contributed by atoms with E-state index in [1.807, 2.05) is 51.1 Å². The first kappa shape index (κ1) is 12.7. The Kier molecular flexibility index (Phi) is 3.16. The van der Waals surface area contributed by atoms with Crippen LogP contribution in [0, 0.1) is 5.41 Å². The van der Waals surface area contributed by atoms with Gasteiger partial charge in [-0.25, -0.2) is 0 Å². The van der Waals surface area contributed by atoms with E-state index in [4.69, 9.17) is 9.15 Å². The van der Waals surface area contributed by atoms with E-state index in [2.05, 4.69) is 0 Å². The molecule has 3 heteroatoms. The summed E-state index contributed by atoms with van der Waals surface area (Å²) in [5.74, 6) is 0.00649. The summed E-state index contributed by atoms with van der Waals surface area (Å²) in [7, 11) is 1.41. The normalized spacial score (nSPS) is 13.6. The Morgan fingerprint density at radius 3 is 2.50 bits per heavy atom. The minimum atomic E-state index is -0.394. The Morgan fingerprint density at radius 2 is 1.94 bits per heavy atom. The Morgan fingerprint density at radius 1 is 1.28 bits per heavy atom. The molecule has 0 aliphatic rings. The lowest BCUT2D eigenvalue weighted by molar-refractivity contribution is -0.145. The summed E-state index contributed by atoms with van der Waals surface area (Å²) in [5, 5.41) is 1.01. The average Bonchev–Trinajstić information content (AvgIpc) is 2.69. The zero-order valence-electron chi connectivity index (χ0n) is 11.2. The monoisotopic (exact) mass is 246 g/mol. The molecule has 1 unspecified atom stereocenters. The standard InChI is InChI=1S/C15H18O3/c1-15(2,3)13(14(16)17-4)12-9-10-7-5-6-8-11(10)18-12/h5-9,13H,1-4H3. The minimum Gasteiger partial charge on any atom is -0.468 e. The number of ether oxygens (including phenoxy) is 1. The summed E-state index contributed by atoms with van der Waals surface area (Å²) in [6.45, 7) is 6.01. The van der Waals surface area contributed by atoms with Gasteiger partial charge in [-0.3, -0.25) is 4.79 Å². The molecule has 0 bridgehead atoms. The van der Waals surface area contributed by atoms with Gasteiger partial charge in [0.1, 0.15) is 17.3 Å². The van der Waals surface area contributed by atoms with Crippen molar-refractivity contribution in [2.75, 3.05) is 7.11 Å². The Labute approximate surface area is 107 Å². The lowest BCUT2D eigenvalue weighted by Crippen LogP contribution is -2.27. The lowest BCUT2D eigenvalue weighted by atomic mass is 9.79. The summed E-state index contributed by atoms with van der Waals surface area (Å²) >= 11 is 0. The molecule has 0 amide bonds. The quantitative estimate of drug-likeness (QED) is 0.758. The molecular formula is C15H18O3. The highest BCUT2D eigenvalue weighted by Gasteiger charge is 2.36. The molecule has 0 fully saturated rings. The van der Waals surface area contributed by atoms with Crippen molar-refractivity contribution in [1.29, 1.82) is 0 Å². The second-order valence-corrected chi connectivity index (χ2v) is 5.51. The molecule has 96 valence electrons. The SMILES string of the molecule is COC(=O)C(c1cc2ccccc2o1)C(C)(C)C. The number of hydrogen-bond donors (Lipinski definition) is 0. The Bertz CT molecular complexity index is 527. The maximum Gasteiger partial charge on any atom is 0.316 e. The van der Waals surface area contributed by atoms with Crippen molar-refractivity contribution in [2.45, 2.75) is 26.7 Å². The molecule has 0 saturated heterocycles. The molecule has 18 heavy (non-hydrogen) atoms. The molecule has 3 nitrogen and oxygen atoms in total. The molecule has 0 radical (unpaired) electrons. The highest BCUT2D eigenvalue weighted by atomic mass is 16.5. The van der Waals surface area contributed by atoms with Gasteiger partial charge in [0.2, 0.25) is 0 Å². The second-order valence-electron chi connectivity index (χ2n) is 5.51. The molecule has 1 atom stereocenters. The Hall–Kier alpha value is -1.77. The first-order chi connectivity index (χ1) is 8.43. The molecule has 2 rings (SSSR count). The fourth-order valence-electron chi connectivity index (χ4n) is 2.16. The van der Waals surface area contributed by atoms with E-state index < -0.39 is 5.92 Å². The van der Waals surface area contributed by atoms with Gasteiger partial charge < -0.3 is 9.15 Å². The number of methoxy groups -OCH3 is 1. The third-order valence-corrected chi connectivity index (χ3v) is 3.03. The number of rotatable bonds is 2. The van der Waals surface area contributed by atoms with Crippen LogP contribution in [0.2, 0.25) is 0 Å². The first-order valence-corrected chi connectivity index (χ1v) is 6.00. The maximum absolute atomic E-state index is 12.0. The number of esters is 1. The van der Waals surface area contributed by atoms with Gasteiger partial charge in [-0.2, -0.15) is 0 Å². The van der Waals surface area contributed by atoms with Gasteiger partial charge in [0.05, 0.1) is 7.11 Å². The highest BCUT2D eigenvalue weighted by molar-refractivity contribution is 5.83. The van der Waals surface area contributed by atoms with Gasteiger partial charge in [0.25, 0.3) is 0 Å². The van der Waals surface area contributed by atoms with Gasteiger partial charge in [0, 0.05) is 5.39 Å². The molecule has 2 aromatic rings. The molecule has 1 heterocycles. The van der Waals surface area contributed by atoms with E-state index in [9.17, 15) is 4.79 Å². The molecular weight excluding hydrogens is 228 g/mol. The van der Waals surface area contributed by atoms with Gasteiger partial charge in [0.15, 0.2) is 0 Å². The van der Waals surface area contributed by atoms with Crippen LogP contribution in [0.1, 0.15) is 32.4 Å². The van der Waals surface area contributed by atoms with Crippen LogP contribution in [-0.4, -0.2) is 13.1 Å². The zero-order chi connectivity index (χ0) is 13.3. The van der Waals surface area contributed by atoms with Gasteiger partial charge in [-0.05, 0) is 17.5 Å². The third kappa shape index (κ3) is 2.26. The second kappa shape index (κ2) is 4.48. The van der Waals surface area contributed by atoms with Crippen LogP contribution in [0.15, 0.2) is 34.7 Å². The van der Waals surface area contributed by atoms with E-state index in [1.54, 1.807) is 0 Å². The molecule has 0 aliphatic carbocycles. The summed E-state index contributed by atoms with van der Waals surface area (Å²) in [4.78, 5) is 12.0. The van der Waals surface area contributed by atoms with Gasteiger partial charge in [-0.15, -0.1) is 0 Å². The molecule has 0 N–H and O–H groups in total. The van der Waals surface area contributed by atoms with Crippen LogP contribution in [0.5, 0.6) is 0 Å². The minimum absolute atomic E-state index is 0.249. The number of furan rings is 1. The van der Waals surface area contributed by atoms with Crippen LogP contribution < -0.4 is 0 Å². The topological polar surface area (TPSA) is 39.4 Å². The number of hydrogen-bond acceptors (Lipinski definition) is 3. The Balaban J connectivity index is 2.51. The maximum atomic E-state index is 12.0. The smallest absolute Gasteiger partial charge is 0.316 e. The molecule has 0 spiro atoms. The number of carbonyl (C=O) groups excluding carboxylic acids is 1. The van der Waals surface area contributed by atoms with E-state index in [0.29, 0.717) is 5.76 Å². The van der Waals surface area contributed by atoms with Crippen LogP contribution in [0.3, 0.4) is 0 Å². The van der Waals surface area contributed by atoms with Crippen LogP contribution in [0.4, 0.5) is 0 Å². The van der Waals surface area contributed by atoms with E-state index in [-0.39, 0.29) is 11.4 Å². The predicted molar refractivity (Wildman–Crippen MR) is 70.4 cm³/mol. The number of carbonyl (C=O) groups is 1. The zero-order valence-corrected chi connectivity index (χ0v) is 11.2. The number of fused-ring (bicyclic) bond motifs is 1. The largest absolute Gasteiger partial charge is 0.468 e. The van der Waals surface area contributed by atoms with Gasteiger partial charge >= 0.3 is 5.97 Å². The molecule has 1 aromatic heterocycles. The number of benzene rings is 1. The summed E-state index contributed by atoms with van der Waals surface area (Å²) < 4.78 is 10.7. The molecule has 1 aromatic carbocycles. The van der Waals surface area contributed by atoms with Crippen molar-refractivity contribution >= 4 is 16.9 Å². The fourth-order valence-corrected chi connectivity index (χ4v) is 2.16. The first-order valence-electron chi connectivity index (χ1n) is 6.00. The molecule has 0 saturated carbocycles. The summed E-state index contributed by atoms with van der Waals surface area (Å²) in [6.07, 6.45) is 0. The van der Waals surface area contributed by atoms with Crippen LogP contribution >= 0.6 is 0 Å². The van der Waals surface area contributed by atoms with Crippen molar-refractivity contribution in [3.05, 3.63) is 36.1 Å². The lowest BCUT2D eigenvalue weighted by Gasteiger charge is -2.26. The van der Waals surface area contributed by atoms with Gasteiger partial charge in [-0.1, -0.05) is 39.0 Å². The van der Waals surface area contributed by atoms with Crippen LogP contribution in [-0.2, 0) is 9.53 Å². The van der Waals surface area contributed by atoms with E-state index in [1.165, 1.54) is 7.11 Å². The third-order valence-electron chi connectivity index (χ3n) is 3.03. The summed E-state index contributed by atoms with van der Waals surface area (Å²) in [6, 6.07) is 9.66. The highest BCUT2D eigenvalue weighted by Crippen LogP contribution is 2.38. The van der Waals surface area contributed by atoms with Crippen molar-refractivity contribution in [2.24, 2.45) is 5.41 Å². The van der Waals surface area contributed by atoms with Crippen molar-refractivity contribution < 1.29 is 13.9 Å². The summed E-state index contributed by atoms with van der Waals surface area (Å²) in [5.41, 5.74) is 0.548. The number of para-hydroxylation sites is 1. The van der Waals surface area contributed by atoms with Crippen molar-refractivity contribution in [3.63, 3.8) is 0 Å². The van der Waals surface area contributed by atoms with Crippen molar-refractivity contribution in [1.82, 2.24) is 0 Å². The van der Waals surface area contributed by atoms with Crippen LogP contribution in [0.25, 0.3) is 11.0 Å². The average molecular weight is 246 g/mol. The molecule has 0 aliphatic heterocycles. The van der Waals surface area contributed by atoms with E-state index in [0.717, 1.165) is 11.0 Å². The fraction of sp³-hybridized carbons (Fsp3) is 0.400. The van der Waals surface area contributed by atoms with E-state index >= 15 is 0 Å². The van der Waals surface area contributed by atoms with Crippen molar-refractivity contribution in [3.8, 4) is 0 Å².